The number of thiocarbonyl (C=S) groups is 1. The summed E-state index contributed by atoms with van der Waals surface area (Å²) in [5.74, 6) is -0.347. The molecule has 0 aromatic heterocycles. The molecule has 7 heteroatoms. The lowest BCUT2D eigenvalue weighted by atomic mass is 10.1. The number of hydrogen-bond acceptors (Lipinski definition) is 2. The van der Waals surface area contributed by atoms with Crippen LogP contribution in [0.1, 0.15) is 18.1 Å². The van der Waals surface area contributed by atoms with Gasteiger partial charge in [0.2, 0.25) is 5.91 Å². The van der Waals surface area contributed by atoms with Gasteiger partial charge in [0.1, 0.15) is 0 Å². The fourth-order valence-corrected chi connectivity index (χ4v) is 1.42. The summed E-state index contributed by atoms with van der Waals surface area (Å²) in [5, 5.41) is 2.55. The van der Waals surface area contributed by atoms with Crippen molar-refractivity contribution in [3.05, 3.63) is 35.4 Å². The summed E-state index contributed by atoms with van der Waals surface area (Å²) in [7, 11) is 0. The molecule has 0 spiro atoms. The van der Waals surface area contributed by atoms with E-state index in [-0.39, 0.29) is 17.3 Å². The molecule has 0 radical (unpaired) electrons. The predicted octanol–water partition coefficient (Wildman–Crippen LogP) is 2.04. The Kier molecular flexibility index (Phi) is 4.88. The maximum Gasteiger partial charge on any atom is 0.416 e. The first-order chi connectivity index (χ1) is 8.70. The van der Waals surface area contributed by atoms with Crippen molar-refractivity contribution in [2.24, 2.45) is 5.73 Å². The van der Waals surface area contributed by atoms with Crippen LogP contribution in [0.4, 0.5) is 13.2 Å². The van der Waals surface area contributed by atoms with Gasteiger partial charge in [-0.1, -0.05) is 24.4 Å². The van der Waals surface area contributed by atoms with Crippen molar-refractivity contribution >= 4 is 23.1 Å². The zero-order valence-electron chi connectivity index (χ0n) is 10.1. The summed E-state index contributed by atoms with van der Waals surface area (Å²) in [4.78, 5) is 11.7. The van der Waals surface area contributed by atoms with Crippen molar-refractivity contribution in [1.82, 2.24) is 5.32 Å². The van der Waals surface area contributed by atoms with Gasteiger partial charge in [-0.05, 0) is 24.6 Å². The number of benzene rings is 1. The molecule has 1 amide bonds. The van der Waals surface area contributed by atoms with Crippen LogP contribution in [0.5, 0.6) is 0 Å². The van der Waals surface area contributed by atoms with E-state index in [0.717, 1.165) is 12.1 Å². The Bertz CT molecular complexity index is 471. The fourth-order valence-electron chi connectivity index (χ4n) is 1.36. The molecule has 1 unspecified atom stereocenters. The van der Waals surface area contributed by atoms with Gasteiger partial charge in [0.25, 0.3) is 0 Å². The molecule has 3 N–H and O–H groups in total. The Hall–Kier alpha value is -1.63. The van der Waals surface area contributed by atoms with Gasteiger partial charge in [0, 0.05) is 0 Å². The SMILES string of the molecule is CC(NC(=O)Cc1ccc(C(F)(F)F)cc1)C(N)=S. The van der Waals surface area contributed by atoms with Gasteiger partial charge >= 0.3 is 6.18 Å². The molecular weight excluding hydrogens is 277 g/mol. The summed E-state index contributed by atoms with van der Waals surface area (Å²) in [6.45, 7) is 1.63. The average Bonchev–Trinajstić information content (AvgIpc) is 2.28. The number of carbonyl (C=O) groups is 1. The minimum atomic E-state index is -4.37. The number of hydrogen-bond donors (Lipinski definition) is 2. The third-order valence-corrected chi connectivity index (χ3v) is 2.80. The third kappa shape index (κ3) is 4.86. The molecule has 1 rings (SSSR count). The van der Waals surface area contributed by atoms with Crippen molar-refractivity contribution in [3.8, 4) is 0 Å². The standard InChI is InChI=1S/C12H13F3N2OS/c1-7(11(16)19)17-10(18)6-8-2-4-9(5-3-8)12(13,14)15/h2-5,7H,6H2,1H3,(H2,16,19)(H,17,18). The first-order valence-electron chi connectivity index (χ1n) is 5.45. The van der Waals surface area contributed by atoms with Crippen LogP contribution in [0, 0.1) is 0 Å². The van der Waals surface area contributed by atoms with E-state index in [1.807, 2.05) is 0 Å². The highest BCUT2D eigenvalue weighted by Crippen LogP contribution is 2.29. The highest BCUT2D eigenvalue weighted by Gasteiger charge is 2.29. The lowest BCUT2D eigenvalue weighted by molar-refractivity contribution is -0.137. The number of amides is 1. The molecule has 1 atom stereocenters. The molecule has 0 heterocycles. The first-order valence-corrected chi connectivity index (χ1v) is 5.86. The van der Waals surface area contributed by atoms with E-state index in [4.69, 9.17) is 18.0 Å². The molecule has 0 aliphatic rings. The largest absolute Gasteiger partial charge is 0.416 e. The molecule has 104 valence electrons. The van der Waals surface area contributed by atoms with Crippen LogP contribution in [-0.2, 0) is 17.4 Å². The lowest BCUT2D eigenvalue weighted by Gasteiger charge is -2.12. The minimum absolute atomic E-state index is 0.0227. The molecule has 1 aromatic rings. The van der Waals surface area contributed by atoms with Crippen LogP contribution in [-0.4, -0.2) is 16.9 Å². The summed E-state index contributed by atoms with van der Waals surface area (Å²) in [5.41, 5.74) is 5.08. The Morgan fingerprint density at radius 3 is 2.32 bits per heavy atom. The van der Waals surface area contributed by atoms with E-state index < -0.39 is 17.8 Å². The van der Waals surface area contributed by atoms with E-state index in [1.165, 1.54) is 12.1 Å². The van der Waals surface area contributed by atoms with E-state index >= 15 is 0 Å². The minimum Gasteiger partial charge on any atom is -0.392 e. The van der Waals surface area contributed by atoms with E-state index in [0.29, 0.717) is 5.56 Å². The maximum absolute atomic E-state index is 12.3. The summed E-state index contributed by atoms with van der Waals surface area (Å²) in [6, 6.07) is 3.98. The molecule has 0 aliphatic heterocycles. The van der Waals surface area contributed by atoms with E-state index in [2.05, 4.69) is 5.32 Å². The maximum atomic E-state index is 12.3. The second kappa shape index (κ2) is 6.01. The zero-order valence-corrected chi connectivity index (χ0v) is 10.9. The van der Waals surface area contributed by atoms with Crippen LogP contribution in [0.25, 0.3) is 0 Å². The summed E-state index contributed by atoms with van der Waals surface area (Å²) in [6.07, 6.45) is -4.40. The van der Waals surface area contributed by atoms with Crippen molar-refractivity contribution < 1.29 is 18.0 Å². The number of carbonyl (C=O) groups excluding carboxylic acids is 1. The van der Waals surface area contributed by atoms with Crippen LogP contribution in [0.15, 0.2) is 24.3 Å². The highest BCUT2D eigenvalue weighted by atomic mass is 32.1. The molecule has 1 aromatic carbocycles. The van der Waals surface area contributed by atoms with Gasteiger partial charge in [-0.2, -0.15) is 13.2 Å². The predicted molar refractivity (Wildman–Crippen MR) is 69.5 cm³/mol. The monoisotopic (exact) mass is 290 g/mol. The Morgan fingerprint density at radius 1 is 1.37 bits per heavy atom. The van der Waals surface area contributed by atoms with Gasteiger partial charge in [-0.3, -0.25) is 4.79 Å². The molecule has 0 aliphatic carbocycles. The molecule has 0 saturated carbocycles. The topological polar surface area (TPSA) is 55.1 Å². The lowest BCUT2D eigenvalue weighted by Crippen LogP contribution is -2.41. The highest BCUT2D eigenvalue weighted by molar-refractivity contribution is 7.80. The van der Waals surface area contributed by atoms with E-state index in [1.54, 1.807) is 6.92 Å². The smallest absolute Gasteiger partial charge is 0.392 e. The number of rotatable bonds is 4. The van der Waals surface area contributed by atoms with Crippen molar-refractivity contribution in [1.29, 1.82) is 0 Å². The Balaban J connectivity index is 2.63. The van der Waals surface area contributed by atoms with Gasteiger partial charge in [-0.15, -0.1) is 0 Å². The first kappa shape index (κ1) is 15.4. The normalized spacial score (nSPS) is 12.8. The van der Waals surface area contributed by atoms with Gasteiger partial charge in [0.15, 0.2) is 0 Å². The Labute approximate surface area is 114 Å². The van der Waals surface area contributed by atoms with Crippen LogP contribution < -0.4 is 11.1 Å². The summed E-state index contributed by atoms with van der Waals surface area (Å²) < 4.78 is 37.0. The number of nitrogens with two attached hydrogens (primary N) is 1. The summed E-state index contributed by atoms with van der Waals surface area (Å²) >= 11 is 4.70. The number of halogens is 3. The number of alkyl halides is 3. The molecule has 0 bridgehead atoms. The molecule has 19 heavy (non-hydrogen) atoms. The zero-order chi connectivity index (χ0) is 14.6. The van der Waals surface area contributed by atoms with Gasteiger partial charge < -0.3 is 11.1 Å². The average molecular weight is 290 g/mol. The molecule has 3 nitrogen and oxygen atoms in total. The molecule has 0 fully saturated rings. The molecular formula is C12H13F3N2OS. The second-order valence-electron chi connectivity index (χ2n) is 4.06. The third-order valence-electron chi connectivity index (χ3n) is 2.45. The van der Waals surface area contributed by atoms with Crippen molar-refractivity contribution in [2.45, 2.75) is 25.6 Å². The van der Waals surface area contributed by atoms with Crippen molar-refractivity contribution in [2.75, 3.05) is 0 Å². The second-order valence-corrected chi connectivity index (χ2v) is 4.53. The van der Waals surface area contributed by atoms with Crippen molar-refractivity contribution in [3.63, 3.8) is 0 Å². The van der Waals surface area contributed by atoms with Gasteiger partial charge in [0.05, 0.1) is 23.0 Å². The van der Waals surface area contributed by atoms with Crippen LogP contribution in [0.3, 0.4) is 0 Å². The van der Waals surface area contributed by atoms with Gasteiger partial charge in [-0.25, -0.2) is 0 Å². The molecule has 0 saturated heterocycles. The fraction of sp³-hybridized carbons (Fsp3) is 0.333. The quantitative estimate of drug-likeness (QED) is 0.834. The Morgan fingerprint density at radius 2 is 1.89 bits per heavy atom. The van der Waals surface area contributed by atoms with Crippen LogP contribution in [0.2, 0.25) is 0 Å². The van der Waals surface area contributed by atoms with Crippen LogP contribution >= 0.6 is 12.2 Å². The number of nitrogens with one attached hydrogen (secondary N) is 1. The van der Waals surface area contributed by atoms with E-state index in [9.17, 15) is 18.0 Å².